The minimum atomic E-state index is 0.0266. The van der Waals surface area contributed by atoms with E-state index in [4.69, 9.17) is 0 Å². The van der Waals surface area contributed by atoms with Crippen molar-refractivity contribution in [2.24, 2.45) is 0 Å². The van der Waals surface area contributed by atoms with Crippen LogP contribution >= 0.6 is 11.3 Å². The Bertz CT molecular complexity index is 336. The van der Waals surface area contributed by atoms with Crippen LogP contribution in [-0.2, 0) is 4.79 Å². The molecule has 2 rings (SSSR count). The molecule has 1 atom stereocenters. The Hall–Kier alpha value is -0.940. The zero-order valence-corrected chi connectivity index (χ0v) is 8.39. The molecule has 13 heavy (non-hydrogen) atoms. The molecule has 0 radical (unpaired) electrons. The van der Waals surface area contributed by atoms with Crippen molar-refractivity contribution < 1.29 is 4.79 Å². The monoisotopic (exact) mass is 197 g/mol. The van der Waals surface area contributed by atoms with E-state index in [-0.39, 0.29) is 12.1 Å². The van der Waals surface area contributed by atoms with Crippen molar-refractivity contribution in [1.82, 2.24) is 15.2 Å². The molecule has 1 unspecified atom stereocenters. The highest BCUT2D eigenvalue weighted by Gasteiger charge is 2.28. The number of thiazole rings is 1. The summed E-state index contributed by atoms with van der Waals surface area (Å²) in [6, 6.07) is 0. The summed E-state index contributed by atoms with van der Waals surface area (Å²) in [6.07, 6.45) is 1.85. The fourth-order valence-corrected chi connectivity index (χ4v) is 2.32. The predicted molar refractivity (Wildman–Crippen MR) is 50.4 cm³/mol. The molecular formula is C8H11N3OS. The first-order chi connectivity index (χ1) is 6.16. The maximum atomic E-state index is 11.1. The summed E-state index contributed by atoms with van der Waals surface area (Å²) in [4.78, 5) is 18.3. The Labute approximate surface area is 80.6 Å². The lowest BCUT2D eigenvalue weighted by Crippen LogP contribution is -2.23. The highest BCUT2D eigenvalue weighted by Crippen LogP contribution is 2.25. The number of carbonyl (C=O) groups excluding carboxylic acids is 1. The van der Waals surface area contributed by atoms with Crippen LogP contribution in [0.5, 0.6) is 0 Å². The Morgan fingerprint density at radius 2 is 2.54 bits per heavy atom. The summed E-state index contributed by atoms with van der Waals surface area (Å²) in [6.45, 7) is 2.44. The first-order valence-electron chi connectivity index (χ1n) is 4.09. The Morgan fingerprint density at radius 1 is 1.77 bits per heavy atom. The third kappa shape index (κ3) is 1.57. The van der Waals surface area contributed by atoms with Crippen LogP contribution in [0.15, 0.2) is 6.20 Å². The molecule has 0 saturated carbocycles. The smallest absolute Gasteiger partial charge is 0.235 e. The van der Waals surface area contributed by atoms with Crippen LogP contribution in [-0.4, -0.2) is 29.4 Å². The average molecular weight is 197 g/mol. The summed E-state index contributed by atoms with van der Waals surface area (Å²) >= 11 is 1.62. The van der Waals surface area contributed by atoms with E-state index in [9.17, 15) is 4.79 Å². The zero-order valence-electron chi connectivity index (χ0n) is 7.57. The quantitative estimate of drug-likeness (QED) is 0.713. The van der Waals surface area contributed by atoms with Gasteiger partial charge in [-0.05, 0) is 14.0 Å². The van der Waals surface area contributed by atoms with Crippen LogP contribution < -0.4 is 5.32 Å². The molecule has 4 nitrogen and oxygen atoms in total. The molecule has 70 valence electrons. The second-order valence-electron chi connectivity index (χ2n) is 3.17. The largest absolute Gasteiger partial charge is 0.335 e. The summed E-state index contributed by atoms with van der Waals surface area (Å²) in [5.74, 6) is 0.0820. The third-order valence-electron chi connectivity index (χ3n) is 2.04. The number of amides is 1. The number of rotatable bonds is 1. The van der Waals surface area contributed by atoms with Gasteiger partial charge < -0.3 is 5.32 Å². The molecule has 1 N–H and O–H groups in total. The SMILES string of the molecule is Cc1ncc(C2NC(=O)CN2C)s1. The van der Waals surface area contributed by atoms with Gasteiger partial charge in [0.25, 0.3) is 0 Å². The summed E-state index contributed by atoms with van der Waals surface area (Å²) in [5, 5.41) is 3.92. The van der Waals surface area contributed by atoms with E-state index in [2.05, 4.69) is 10.3 Å². The number of nitrogens with one attached hydrogen (secondary N) is 1. The lowest BCUT2D eigenvalue weighted by Gasteiger charge is -2.15. The Kier molecular flexibility index (Phi) is 2.05. The molecule has 5 heteroatoms. The predicted octanol–water partition coefficient (Wildman–Crippen LogP) is 0.512. The van der Waals surface area contributed by atoms with E-state index in [0.717, 1.165) is 9.88 Å². The molecule has 1 aromatic rings. The number of carbonyl (C=O) groups is 1. The fraction of sp³-hybridized carbons (Fsp3) is 0.500. The lowest BCUT2D eigenvalue weighted by molar-refractivity contribution is -0.118. The lowest BCUT2D eigenvalue weighted by atomic mass is 10.4. The van der Waals surface area contributed by atoms with Gasteiger partial charge in [0.1, 0.15) is 6.17 Å². The maximum absolute atomic E-state index is 11.1. The number of hydrogen-bond acceptors (Lipinski definition) is 4. The van der Waals surface area contributed by atoms with Gasteiger partial charge in [-0.15, -0.1) is 11.3 Å². The van der Waals surface area contributed by atoms with E-state index in [1.54, 1.807) is 11.3 Å². The molecule has 2 heterocycles. The normalized spacial score (nSPS) is 23.5. The second kappa shape index (κ2) is 3.08. The van der Waals surface area contributed by atoms with Crippen LogP contribution in [0.4, 0.5) is 0 Å². The van der Waals surface area contributed by atoms with Gasteiger partial charge in [-0.3, -0.25) is 9.69 Å². The van der Waals surface area contributed by atoms with Crippen molar-refractivity contribution >= 4 is 17.2 Å². The van der Waals surface area contributed by atoms with Gasteiger partial charge >= 0.3 is 0 Å². The van der Waals surface area contributed by atoms with Gasteiger partial charge in [0.15, 0.2) is 0 Å². The van der Waals surface area contributed by atoms with E-state index >= 15 is 0 Å². The zero-order chi connectivity index (χ0) is 9.42. The first kappa shape index (κ1) is 8.65. The highest BCUT2D eigenvalue weighted by molar-refractivity contribution is 7.11. The molecule has 1 aliphatic rings. The molecule has 1 amide bonds. The van der Waals surface area contributed by atoms with Gasteiger partial charge in [0.2, 0.25) is 5.91 Å². The van der Waals surface area contributed by atoms with E-state index < -0.39 is 0 Å². The van der Waals surface area contributed by atoms with Crippen molar-refractivity contribution in [1.29, 1.82) is 0 Å². The maximum Gasteiger partial charge on any atom is 0.235 e. The van der Waals surface area contributed by atoms with E-state index in [0.29, 0.717) is 6.54 Å². The molecule has 1 fully saturated rings. The number of likely N-dealkylation sites (N-methyl/N-ethyl adjacent to an activating group) is 1. The standard InChI is InChI=1S/C8H11N3OS/c1-5-9-3-6(13-5)8-10-7(12)4-11(8)2/h3,8H,4H2,1-2H3,(H,10,12). The molecule has 1 aliphatic heterocycles. The molecule has 1 saturated heterocycles. The van der Waals surface area contributed by atoms with Gasteiger partial charge in [0, 0.05) is 6.20 Å². The van der Waals surface area contributed by atoms with Crippen molar-refractivity contribution in [2.75, 3.05) is 13.6 Å². The van der Waals surface area contributed by atoms with Gasteiger partial charge in [-0.2, -0.15) is 0 Å². The Morgan fingerprint density at radius 3 is 3.00 bits per heavy atom. The van der Waals surface area contributed by atoms with Gasteiger partial charge in [0.05, 0.1) is 16.4 Å². The van der Waals surface area contributed by atoms with Crippen molar-refractivity contribution in [2.45, 2.75) is 13.1 Å². The van der Waals surface area contributed by atoms with Crippen molar-refractivity contribution in [3.8, 4) is 0 Å². The summed E-state index contributed by atoms with van der Waals surface area (Å²) in [5.41, 5.74) is 0. The summed E-state index contributed by atoms with van der Waals surface area (Å²) < 4.78 is 0. The molecule has 0 aliphatic carbocycles. The molecule has 0 bridgehead atoms. The van der Waals surface area contributed by atoms with E-state index in [1.165, 1.54) is 0 Å². The van der Waals surface area contributed by atoms with Crippen LogP contribution in [0.25, 0.3) is 0 Å². The topological polar surface area (TPSA) is 45.2 Å². The van der Waals surface area contributed by atoms with Gasteiger partial charge in [-0.25, -0.2) is 4.98 Å². The molecular weight excluding hydrogens is 186 g/mol. The number of aromatic nitrogens is 1. The highest BCUT2D eigenvalue weighted by atomic mass is 32.1. The van der Waals surface area contributed by atoms with Crippen molar-refractivity contribution in [3.63, 3.8) is 0 Å². The molecule has 1 aromatic heterocycles. The number of nitrogens with zero attached hydrogens (tertiary/aromatic N) is 2. The van der Waals surface area contributed by atoms with Crippen molar-refractivity contribution in [3.05, 3.63) is 16.1 Å². The molecule has 0 spiro atoms. The molecule has 0 aromatic carbocycles. The minimum absolute atomic E-state index is 0.0266. The fourth-order valence-electron chi connectivity index (χ4n) is 1.42. The first-order valence-corrected chi connectivity index (χ1v) is 4.90. The minimum Gasteiger partial charge on any atom is -0.335 e. The number of hydrogen-bond donors (Lipinski definition) is 1. The Balaban J connectivity index is 2.22. The van der Waals surface area contributed by atoms with E-state index in [1.807, 2.05) is 25.1 Å². The van der Waals surface area contributed by atoms with Crippen LogP contribution in [0.1, 0.15) is 16.1 Å². The van der Waals surface area contributed by atoms with Crippen LogP contribution in [0, 0.1) is 6.92 Å². The average Bonchev–Trinajstić information content (AvgIpc) is 2.58. The van der Waals surface area contributed by atoms with Crippen LogP contribution in [0.2, 0.25) is 0 Å². The second-order valence-corrected chi connectivity index (χ2v) is 4.43. The van der Waals surface area contributed by atoms with Crippen LogP contribution in [0.3, 0.4) is 0 Å². The van der Waals surface area contributed by atoms with Gasteiger partial charge in [-0.1, -0.05) is 0 Å². The summed E-state index contributed by atoms with van der Waals surface area (Å²) in [7, 11) is 1.93. The number of aryl methyl sites for hydroxylation is 1. The third-order valence-corrected chi connectivity index (χ3v) is 3.01.